The fourth-order valence-electron chi connectivity index (χ4n) is 2.52. The summed E-state index contributed by atoms with van der Waals surface area (Å²) in [6.45, 7) is 8.30. The van der Waals surface area contributed by atoms with Crippen molar-refractivity contribution in [2.45, 2.75) is 33.7 Å². The van der Waals surface area contributed by atoms with Gasteiger partial charge in [-0.2, -0.15) is 0 Å². The molecule has 0 saturated carbocycles. The molecule has 1 aromatic carbocycles. The van der Waals surface area contributed by atoms with Crippen molar-refractivity contribution < 1.29 is 9.47 Å². The molecule has 6 nitrogen and oxygen atoms in total. The summed E-state index contributed by atoms with van der Waals surface area (Å²) in [7, 11) is 3.28. The average Bonchev–Trinajstić information content (AvgIpc) is 2.96. The number of para-hydroxylation sites is 1. The van der Waals surface area contributed by atoms with Crippen LogP contribution in [0.25, 0.3) is 0 Å². The van der Waals surface area contributed by atoms with E-state index >= 15 is 0 Å². The second-order valence-corrected chi connectivity index (χ2v) is 7.06. The number of methoxy groups -OCH3 is 2. The predicted octanol–water partition coefficient (Wildman–Crippen LogP) is 3.07. The Labute approximate surface area is 159 Å². The van der Waals surface area contributed by atoms with Gasteiger partial charge in [0.05, 0.1) is 31.5 Å². The summed E-state index contributed by atoms with van der Waals surface area (Å²) < 4.78 is 10.8. The van der Waals surface area contributed by atoms with E-state index < -0.39 is 0 Å². The highest BCUT2D eigenvalue weighted by molar-refractivity contribution is 7.11. The van der Waals surface area contributed by atoms with Crippen LogP contribution in [0.2, 0.25) is 0 Å². The molecule has 0 aliphatic rings. The number of aromatic nitrogens is 1. The number of rotatable bonds is 8. The second kappa shape index (κ2) is 10.0. The lowest BCUT2D eigenvalue weighted by Crippen LogP contribution is -2.38. The van der Waals surface area contributed by atoms with E-state index in [4.69, 9.17) is 9.47 Å². The van der Waals surface area contributed by atoms with Crippen LogP contribution in [0.5, 0.6) is 11.5 Å². The molecule has 142 valence electrons. The van der Waals surface area contributed by atoms with Gasteiger partial charge in [-0.15, -0.1) is 11.3 Å². The zero-order valence-corrected chi connectivity index (χ0v) is 17.0. The Morgan fingerprint density at radius 1 is 1.19 bits per heavy atom. The molecule has 0 aliphatic heterocycles. The summed E-state index contributed by atoms with van der Waals surface area (Å²) in [5, 5.41) is 7.79. The molecule has 0 fully saturated rings. The molecular formula is C19H28N4O2S. The Kier molecular flexibility index (Phi) is 7.72. The number of hydrogen-bond acceptors (Lipinski definition) is 5. The second-order valence-electron chi connectivity index (χ2n) is 5.77. The maximum absolute atomic E-state index is 5.47. The third-order valence-electron chi connectivity index (χ3n) is 3.94. The van der Waals surface area contributed by atoms with Crippen LogP contribution in [-0.4, -0.2) is 38.3 Å². The highest BCUT2D eigenvalue weighted by atomic mass is 32.1. The van der Waals surface area contributed by atoms with Crippen molar-refractivity contribution in [3.63, 3.8) is 0 Å². The SMILES string of the molecule is CCNC(=NCc1cccc(OC)c1OC)NCCc1nc(C)c(C)s1. The van der Waals surface area contributed by atoms with Gasteiger partial charge in [0, 0.05) is 30.0 Å². The van der Waals surface area contributed by atoms with E-state index in [9.17, 15) is 0 Å². The highest BCUT2D eigenvalue weighted by Gasteiger charge is 2.09. The van der Waals surface area contributed by atoms with Gasteiger partial charge in [0.1, 0.15) is 0 Å². The maximum atomic E-state index is 5.47. The van der Waals surface area contributed by atoms with Gasteiger partial charge in [-0.05, 0) is 26.8 Å². The number of ether oxygens (including phenoxy) is 2. The molecule has 2 rings (SSSR count). The van der Waals surface area contributed by atoms with Gasteiger partial charge < -0.3 is 20.1 Å². The predicted molar refractivity (Wildman–Crippen MR) is 108 cm³/mol. The van der Waals surface area contributed by atoms with Crippen molar-refractivity contribution >= 4 is 17.3 Å². The van der Waals surface area contributed by atoms with Crippen molar-refractivity contribution in [2.24, 2.45) is 4.99 Å². The van der Waals surface area contributed by atoms with Crippen LogP contribution < -0.4 is 20.1 Å². The molecule has 1 heterocycles. The Hall–Kier alpha value is -2.28. The van der Waals surface area contributed by atoms with Crippen LogP contribution in [0.15, 0.2) is 23.2 Å². The van der Waals surface area contributed by atoms with E-state index in [0.29, 0.717) is 12.3 Å². The number of nitrogens with one attached hydrogen (secondary N) is 2. The number of guanidine groups is 1. The van der Waals surface area contributed by atoms with Gasteiger partial charge in [0.25, 0.3) is 0 Å². The van der Waals surface area contributed by atoms with Crippen molar-refractivity contribution in [1.82, 2.24) is 15.6 Å². The van der Waals surface area contributed by atoms with Crippen molar-refractivity contribution in [2.75, 3.05) is 27.3 Å². The lowest BCUT2D eigenvalue weighted by Gasteiger charge is -2.13. The molecular weight excluding hydrogens is 348 g/mol. The minimum Gasteiger partial charge on any atom is -0.493 e. The first-order chi connectivity index (χ1) is 12.6. The monoisotopic (exact) mass is 376 g/mol. The van der Waals surface area contributed by atoms with Crippen molar-refractivity contribution in [1.29, 1.82) is 0 Å². The van der Waals surface area contributed by atoms with Crippen LogP contribution in [0.1, 0.15) is 28.1 Å². The third-order valence-corrected chi connectivity index (χ3v) is 5.07. The Bertz CT molecular complexity index is 724. The molecule has 0 saturated heterocycles. The van der Waals surface area contributed by atoms with Gasteiger partial charge in [-0.25, -0.2) is 9.98 Å². The quantitative estimate of drug-likeness (QED) is 0.547. The zero-order chi connectivity index (χ0) is 18.9. The van der Waals surface area contributed by atoms with Crippen LogP contribution >= 0.6 is 11.3 Å². The molecule has 2 aromatic rings. The van der Waals surface area contributed by atoms with Crippen LogP contribution in [0.3, 0.4) is 0 Å². The molecule has 0 atom stereocenters. The maximum Gasteiger partial charge on any atom is 0.191 e. The highest BCUT2D eigenvalue weighted by Crippen LogP contribution is 2.31. The summed E-state index contributed by atoms with van der Waals surface area (Å²) in [6, 6.07) is 5.82. The zero-order valence-electron chi connectivity index (χ0n) is 16.2. The lowest BCUT2D eigenvalue weighted by molar-refractivity contribution is 0.352. The number of nitrogens with zero attached hydrogens (tertiary/aromatic N) is 2. The first kappa shape index (κ1) is 20.0. The number of thiazole rings is 1. The molecule has 26 heavy (non-hydrogen) atoms. The van der Waals surface area contributed by atoms with E-state index in [0.717, 1.165) is 47.5 Å². The fourth-order valence-corrected chi connectivity index (χ4v) is 3.45. The molecule has 0 aliphatic carbocycles. The standard InChI is InChI=1S/C19H28N4O2S/c1-6-20-19(21-11-10-17-23-13(2)14(3)26-17)22-12-15-8-7-9-16(24-4)18(15)25-5/h7-9H,6,10-12H2,1-5H3,(H2,20,21,22). The largest absolute Gasteiger partial charge is 0.493 e. The molecule has 0 spiro atoms. The summed E-state index contributed by atoms with van der Waals surface area (Å²) >= 11 is 1.76. The van der Waals surface area contributed by atoms with Crippen LogP contribution in [-0.2, 0) is 13.0 Å². The van der Waals surface area contributed by atoms with E-state index in [2.05, 4.69) is 41.4 Å². The van der Waals surface area contributed by atoms with Crippen molar-refractivity contribution in [3.8, 4) is 11.5 Å². The Morgan fingerprint density at radius 2 is 2.00 bits per heavy atom. The molecule has 0 bridgehead atoms. The van der Waals surface area contributed by atoms with Crippen molar-refractivity contribution in [3.05, 3.63) is 39.3 Å². The summed E-state index contributed by atoms with van der Waals surface area (Å²) in [4.78, 5) is 10.5. The molecule has 0 radical (unpaired) electrons. The number of aliphatic imine (C=N–C) groups is 1. The average molecular weight is 377 g/mol. The van der Waals surface area contributed by atoms with E-state index in [1.54, 1.807) is 25.6 Å². The lowest BCUT2D eigenvalue weighted by atomic mass is 10.2. The normalized spacial score (nSPS) is 11.3. The van der Waals surface area contributed by atoms with E-state index in [-0.39, 0.29) is 0 Å². The Balaban J connectivity index is 2.00. The number of benzene rings is 1. The fraction of sp³-hybridized carbons (Fsp3) is 0.474. The van der Waals surface area contributed by atoms with Gasteiger partial charge >= 0.3 is 0 Å². The van der Waals surface area contributed by atoms with E-state index in [1.807, 2.05) is 18.2 Å². The van der Waals surface area contributed by atoms with Gasteiger partial charge in [0.15, 0.2) is 17.5 Å². The van der Waals surface area contributed by atoms with E-state index in [1.165, 1.54) is 4.88 Å². The molecule has 2 N–H and O–H groups in total. The summed E-state index contributed by atoms with van der Waals surface area (Å²) in [6.07, 6.45) is 0.881. The first-order valence-corrected chi connectivity index (χ1v) is 9.55. The molecule has 0 amide bonds. The number of hydrogen-bond donors (Lipinski definition) is 2. The molecule has 1 aromatic heterocycles. The summed E-state index contributed by atoms with van der Waals surface area (Å²) in [5.41, 5.74) is 2.10. The molecule has 7 heteroatoms. The van der Waals surface area contributed by atoms with Gasteiger partial charge in [-0.1, -0.05) is 12.1 Å². The third kappa shape index (κ3) is 5.36. The topological polar surface area (TPSA) is 67.8 Å². The van der Waals surface area contributed by atoms with Crippen LogP contribution in [0.4, 0.5) is 0 Å². The minimum atomic E-state index is 0.505. The van der Waals surface area contributed by atoms with Gasteiger partial charge in [0.2, 0.25) is 0 Å². The first-order valence-electron chi connectivity index (χ1n) is 8.74. The minimum absolute atomic E-state index is 0.505. The summed E-state index contributed by atoms with van der Waals surface area (Å²) in [5.74, 6) is 2.22. The number of aryl methyl sites for hydroxylation is 2. The smallest absolute Gasteiger partial charge is 0.191 e. The van der Waals surface area contributed by atoms with Gasteiger partial charge in [-0.3, -0.25) is 0 Å². The molecule has 0 unspecified atom stereocenters. The van der Waals surface area contributed by atoms with Crippen LogP contribution in [0, 0.1) is 13.8 Å². The Morgan fingerprint density at radius 3 is 2.62 bits per heavy atom.